The van der Waals surface area contributed by atoms with Crippen LogP contribution in [0.4, 0.5) is 4.39 Å². The number of hydrazine groups is 1. The summed E-state index contributed by atoms with van der Waals surface area (Å²) >= 11 is 7.17. The zero-order chi connectivity index (χ0) is 21.7. The van der Waals surface area contributed by atoms with Crippen molar-refractivity contribution in [3.8, 4) is 5.69 Å². The molecule has 2 aromatic carbocycles. The number of carbonyl (C=O) groups is 2. The number of aryl methyl sites for hydroxylation is 1. The number of halogens is 2. The molecule has 0 bridgehead atoms. The minimum absolute atomic E-state index is 0.0590. The quantitative estimate of drug-likeness (QED) is 0.446. The monoisotopic (exact) mass is 446 g/mol. The van der Waals surface area contributed by atoms with Crippen molar-refractivity contribution in [2.75, 3.05) is 5.75 Å². The molecule has 1 aromatic heterocycles. The lowest BCUT2D eigenvalue weighted by Gasteiger charge is -2.08. The lowest BCUT2D eigenvalue weighted by Crippen LogP contribution is -2.43. The van der Waals surface area contributed by atoms with Crippen LogP contribution in [0, 0.1) is 19.7 Å². The molecule has 9 heteroatoms. The summed E-state index contributed by atoms with van der Waals surface area (Å²) in [5.41, 5.74) is 7.77. The molecule has 156 valence electrons. The first-order valence-electron chi connectivity index (χ1n) is 9.10. The first-order valence-corrected chi connectivity index (χ1v) is 10.5. The molecule has 0 aliphatic heterocycles. The Labute approximate surface area is 182 Å². The van der Waals surface area contributed by atoms with E-state index >= 15 is 0 Å². The Kier molecular flexibility index (Phi) is 7.12. The minimum atomic E-state index is -0.357. The van der Waals surface area contributed by atoms with E-state index in [0.29, 0.717) is 16.4 Å². The number of thioether (sulfide) groups is 1. The fraction of sp³-hybridized carbons (Fsp3) is 0.190. The van der Waals surface area contributed by atoms with Crippen LogP contribution in [0.1, 0.15) is 17.0 Å². The van der Waals surface area contributed by atoms with E-state index in [9.17, 15) is 14.0 Å². The average Bonchev–Trinajstić information content (AvgIpc) is 3.00. The summed E-state index contributed by atoms with van der Waals surface area (Å²) in [5.74, 6) is -0.851. The van der Waals surface area contributed by atoms with Gasteiger partial charge in [-0.2, -0.15) is 5.10 Å². The van der Waals surface area contributed by atoms with Crippen molar-refractivity contribution < 1.29 is 14.0 Å². The highest BCUT2D eigenvalue weighted by Gasteiger charge is 2.16. The molecule has 0 unspecified atom stereocenters. The normalized spacial score (nSPS) is 10.7. The highest BCUT2D eigenvalue weighted by Crippen LogP contribution is 2.20. The van der Waals surface area contributed by atoms with Gasteiger partial charge >= 0.3 is 0 Å². The highest BCUT2D eigenvalue weighted by atomic mass is 35.5. The molecule has 0 atom stereocenters. The highest BCUT2D eigenvalue weighted by molar-refractivity contribution is 8.00. The summed E-state index contributed by atoms with van der Waals surface area (Å²) in [6, 6.07) is 13.1. The number of aromatic nitrogens is 2. The van der Waals surface area contributed by atoms with Crippen LogP contribution < -0.4 is 10.9 Å². The average molecular weight is 447 g/mol. The number of amides is 2. The lowest BCUT2D eigenvalue weighted by atomic mass is 10.1. The van der Waals surface area contributed by atoms with Crippen molar-refractivity contribution in [2.24, 2.45) is 0 Å². The summed E-state index contributed by atoms with van der Waals surface area (Å²) in [6.07, 6.45) is 0.0590. The van der Waals surface area contributed by atoms with E-state index in [1.54, 1.807) is 35.9 Å². The van der Waals surface area contributed by atoms with Gasteiger partial charge in [0.05, 0.1) is 23.6 Å². The van der Waals surface area contributed by atoms with Crippen molar-refractivity contribution in [3.63, 3.8) is 0 Å². The molecule has 0 fully saturated rings. The third-order valence-electron chi connectivity index (χ3n) is 4.37. The Morgan fingerprint density at radius 1 is 1.03 bits per heavy atom. The maximum atomic E-state index is 13.2. The molecule has 2 N–H and O–H groups in total. The summed E-state index contributed by atoms with van der Waals surface area (Å²) in [6.45, 7) is 3.64. The number of carbonyl (C=O) groups excluding carboxylic acids is 2. The van der Waals surface area contributed by atoms with Gasteiger partial charge in [-0.05, 0) is 62.4 Å². The molecular weight excluding hydrogens is 427 g/mol. The van der Waals surface area contributed by atoms with Crippen LogP contribution in [0.5, 0.6) is 0 Å². The second-order valence-corrected chi connectivity index (χ2v) is 8.04. The predicted molar refractivity (Wildman–Crippen MR) is 115 cm³/mol. The molecule has 3 aromatic rings. The summed E-state index contributed by atoms with van der Waals surface area (Å²) in [5, 5.41) is 5.07. The molecule has 6 nitrogen and oxygen atoms in total. The SMILES string of the molecule is Cc1nn(-c2ccc(F)cc2)c(C)c1CC(=O)NNC(=O)CSc1ccc(Cl)cc1. The Morgan fingerprint density at radius 3 is 2.33 bits per heavy atom. The number of benzene rings is 2. The van der Waals surface area contributed by atoms with Gasteiger partial charge in [0, 0.05) is 21.2 Å². The largest absolute Gasteiger partial charge is 0.273 e. The van der Waals surface area contributed by atoms with Crippen LogP contribution in [-0.2, 0) is 16.0 Å². The van der Waals surface area contributed by atoms with Gasteiger partial charge in [-0.25, -0.2) is 9.07 Å². The van der Waals surface area contributed by atoms with E-state index in [2.05, 4.69) is 16.0 Å². The van der Waals surface area contributed by atoms with Crippen LogP contribution in [0.15, 0.2) is 53.4 Å². The van der Waals surface area contributed by atoms with E-state index in [-0.39, 0.29) is 29.8 Å². The van der Waals surface area contributed by atoms with E-state index in [0.717, 1.165) is 16.2 Å². The van der Waals surface area contributed by atoms with Crippen molar-refractivity contribution in [1.29, 1.82) is 0 Å². The Balaban J connectivity index is 1.54. The molecule has 30 heavy (non-hydrogen) atoms. The number of hydrogen-bond acceptors (Lipinski definition) is 4. The van der Waals surface area contributed by atoms with Gasteiger partial charge in [0.1, 0.15) is 5.82 Å². The molecule has 2 amide bonds. The van der Waals surface area contributed by atoms with Crippen LogP contribution in [0.3, 0.4) is 0 Å². The van der Waals surface area contributed by atoms with Crippen molar-refractivity contribution in [3.05, 3.63) is 76.3 Å². The van der Waals surface area contributed by atoms with E-state index in [1.165, 1.54) is 23.9 Å². The maximum absolute atomic E-state index is 13.2. The van der Waals surface area contributed by atoms with Gasteiger partial charge in [-0.1, -0.05) is 11.6 Å². The fourth-order valence-corrected chi connectivity index (χ4v) is 3.65. The lowest BCUT2D eigenvalue weighted by molar-refractivity contribution is -0.127. The van der Waals surface area contributed by atoms with E-state index in [1.807, 2.05) is 19.1 Å². The van der Waals surface area contributed by atoms with Crippen LogP contribution in [-0.4, -0.2) is 27.3 Å². The molecule has 0 aliphatic rings. The van der Waals surface area contributed by atoms with Crippen molar-refractivity contribution in [2.45, 2.75) is 25.2 Å². The Bertz CT molecular complexity index is 1050. The number of rotatable bonds is 6. The van der Waals surface area contributed by atoms with Gasteiger partial charge in [0.25, 0.3) is 0 Å². The molecule has 1 heterocycles. The zero-order valence-corrected chi connectivity index (χ0v) is 18.0. The first-order chi connectivity index (χ1) is 14.3. The van der Waals surface area contributed by atoms with Crippen molar-refractivity contribution >= 4 is 35.2 Å². The van der Waals surface area contributed by atoms with Gasteiger partial charge in [0.2, 0.25) is 11.8 Å². The predicted octanol–water partition coefficient (Wildman–Crippen LogP) is 3.76. The van der Waals surface area contributed by atoms with Crippen LogP contribution in [0.25, 0.3) is 5.69 Å². The number of nitrogens with one attached hydrogen (secondary N) is 2. The number of nitrogens with zero attached hydrogens (tertiary/aromatic N) is 2. The molecule has 0 aliphatic carbocycles. The zero-order valence-electron chi connectivity index (χ0n) is 16.4. The summed E-state index contributed by atoms with van der Waals surface area (Å²) in [4.78, 5) is 25.2. The smallest absolute Gasteiger partial charge is 0.248 e. The van der Waals surface area contributed by atoms with E-state index in [4.69, 9.17) is 11.6 Å². The van der Waals surface area contributed by atoms with Gasteiger partial charge < -0.3 is 0 Å². The minimum Gasteiger partial charge on any atom is -0.273 e. The molecule has 3 rings (SSSR count). The first kappa shape index (κ1) is 21.9. The van der Waals surface area contributed by atoms with Gasteiger partial charge in [-0.15, -0.1) is 11.8 Å². The van der Waals surface area contributed by atoms with Gasteiger partial charge in [-0.3, -0.25) is 20.4 Å². The van der Waals surface area contributed by atoms with E-state index < -0.39 is 0 Å². The number of hydrogen-bond donors (Lipinski definition) is 2. The van der Waals surface area contributed by atoms with Gasteiger partial charge in [0.15, 0.2) is 0 Å². The maximum Gasteiger partial charge on any atom is 0.248 e. The van der Waals surface area contributed by atoms with Crippen LogP contribution >= 0.6 is 23.4 Å². The molecule has 0 saturated carbocycles. The third kappa shape index (κ3) is 5.61. The van der Waals surface area contributed by atoms with Crippen LogP contribution in [0.2, 0.25) is 5.02 Å². The Hall–Kier alpha value is -2.84. The summed E-state index contributed by atoms with van der Waals surface area (Å²) in [7, 11) is 0. The topological polar surface area (TPSA) is 76.0 Å². The molecular formula is C21H20ClFN4O2S. The molecule has 0 radical (unpaired) electrons. The Morgan fingerprint density at radius 2 is 1.67 bits per heavy atom. The molecule has 0 spiro atoms. The van der Waals surface area contributed by atoms with Crippen molar-refractivity contribution in [1.82, 2.24) is 20.6 Å². The second-order valence-electron chi connectivity index (χ2n) is 6.55. The fourth-order valence-electron chi connectivity index (χ4n) is 2.82. The second kappa shape index (κ2) is 9.77. The summed E-state index contributed by atoms with van der Waals surface area (Å²) < 4.78 is 14.8. The third-order valence-corrected chi connectivity index (χ3v) is 5.64. The molecule has 0 saturated heterocycles. The standard InChI is InChI=1S/C21H20ClFN4O2S/c1-13-19(14(2)27(26-13)17-7-5-16(23)6-8-17)11-20(28)24-25-21(29)12-30-18-9-3-15(22)4-10-18/h3-10H,11-12H2,1-2H3,(H,24,28)(H,25,29).